The Morgan fingerprint density at radius 1 is 1.32 bits per heavy atom. The van der Waals surface area contributed by atoms with E-state index < -0.39 is 17.5 Å². The Hall–Kier alpha value is -1.82. The van der Waals surface area contributed by atoms with Crippen LogP contribution in [0.4, 0.5) is 14.5 Å². The number of rotatable bonds is 3. The maximum atomic E-state index is 13.4. The van der Waals surface area contributed by atoms with E-state index in [2.05, 4.69) is 26.2 Å². The fraction of sp³-hybridized carbons (Fsp3) is 0.0769. The molecule has 19 heavy (non-hydrogen) atoms. The summed E-state index contributed by atoms with van der Waals surface area (Å²) < 4.78 is 27.0. The van der Waals surface area contributed by atoms with Gasteiger partial charge < -0.3 is 5.32 Å². The van der Waals surface area contributed by atoms with Crippen LogP contribution in [0, 0.1) is 11.6 Å². The lowest BCUT2D eigenvalue weighted by Gasteiger charge is -2.07. The van der Waals surface area contributed by atoms with Gasteiger partial charge in [0.2, 0.25) is 5.91 Å². The van der Waals surface area contributed by atoms with Gasteiger partial charge in [0, 0.05) is 18.0 Å². The third-order valence-corrected chi connectivity index (χ3v) is 3.06. The number of aromatic nitrogens is 1. The van der Waals surface area contributed by atoms with E-state index in [-0.39, 0.29) is 12.0 Å². The molecule has 2 aromatic rings. The Bertz CT molecular complexity index is 619. The van der Waals surface area contributed by atoms with Crippen LogP contribution in [0.5, 0.6) is 0 Å². The summed E-state index contributed by atoms with van der Waals surface area (Å²) in [5, 5.41) is 2.59. The number of carbonyl (C=O) groups excluding carboxylic acids is 1. The first-order chi connectivity index (χ1) is 9.08. The number of amides is 1. The van der Waals surface area contributed by atoms with Gasteiger partial charge in [0.1, 0.15) is 0 Å². The number of anilines is 1. The summed E-state index contributed by atoms with van der Waals surface area (Å²) in [6.07, 6.45) is 2.81. The number of carbonyl (C=O) groups is 1. The molecule has 0 saturated heterocycles. The van der Waals surface area contributed by atoms with Crippen molar-refractivity contribution in [3.05, 3.63) is 58.3 Å². The summed E-state index contributed by atoms with van der Waals surface area (Å²) in [6, 6.07) is 5.35. The number of nitrogens with one attached hydrogen (secondary N) is 1. The summed E-state index contributed by atoms with van der Waals surface area (Å²) >= 11 is 3.22. The summed E-state index contributed by atoms with van der Waals surface area (Å²) in [7, 11) is 0. The van der Waals surface area contributed by atoms with E-state index >= 15 is 0 Å². The van der Waals surface area contributed by atoms with Crippen molar-refractivity contribution < 1.29 is 13.6 Å². The lowest BCUT2D eigenvalue weighted by atomic mass is 10.1. The van der Waals surface area contributed by atoms with Crippen LogP contribution in [0.2, 0.25) is 0 Å². The fourth-order valence-electron chi connectivity index (χ4n) is 1.53. The van der Waals surface area contributed by atoms with Gasteiger partial charge >= 0.3 is 0 Å². The number of hydrogen-bond donors (Lipinski definition) is 1. The van der Waals surface area contributed by atoms with Crippen molar-refractivity contribution in [3.8, 4) is 0 Å². The van der Waals surface area contributed by atoms with Crippen LogP contribution in [-0.4, -0.2) is 10.9 Å². The highest BCUT2D eigenvalue weighted by Gasteiger charge is 2.12. The molecule has 0 saturated carbocycles. The molecule has 0 fully saturated rings. The van der Waals surface area contributed by atoms with E-state index in [4.69, 9.17) is 0 Å². The van der Waals surface area contributed by atoms with Crippen LogP contribution in [0.1, 0.15) is 5.56 Å². The molecule has 0 radical (unpaired) electrons. The average Bonchev–Trinajstić information content (AvgIpc) is 2.38. The Labute approximate surface area is 116 Å². The monoisotopic (exact) mass is 326 g/mol. The van der Waals surface area contributed by atoms with E-state index in [9.17, 15) is 13.6 Å². The third kappa shape index (κ3) is 3.35. The van der Waals surface area contributed by atoms with Gasteiger partial charge in [-0.15, -0.1) is 0 Å². The van der Waals surface area contributed by atoms with Crippen LogP contribution in [0.3, 0.4) is 0 Å². The number of benzene rings is 1. The Morgan fingerprint density at radius 3 is 2.84 bits per heavy atom. The Balaban J connectivity index is 2.10. The standard InChI is InChI=1S/C13H9BrF2N2O/c14-9-7-17-5-4-11(9)18-12(19)6-8-2-1-3-10(15)13(8)16/h1-5,7H,6H2,(H,17,18,19). The van der Waals surface area contributed by atoms with Crippen molar-refractivity contribution in [1.82, 2.24) is 4.98 Å². The van der Waals surface area contributed by atoms with E-state index in [1.165, 1.54) is 24.5 Å². The first-order valence-corrected chi connectivity index (χ1v) is 6.19. The van der Waals surface area contributed by atoms with Gasteiger partial charge in [-0.3, -0.25) is 9.78 Å². The zero-order chi connectivity index (χ0) is 13.8. The SMILES string of the molecule is O=C(Cc1cccc(F)c1F)Nc1ccncc1Br. The van der Waals surface area contributed by atoms with Crippen LogP contribution < -0.4 is 5.32 Å². The van der Waals surface area contributed by atoms with Gasteiger partial charge in [0.25, 0.3) is 0 Å². The smallest absolute Gasteiger partial charge is 0.228 e. The normalized spacial score (nSPS) is 10.3. The number of nitrogens with zero attached hydrogens (tertiary/aromatic N) is 1. The highest BCUT2D eigenvalue weighted by Crippen LogP contribution is 2.20. The molecule has 1 aromatic heterocycles. The Morgan fingerprint density at radius 2 is 2.11 bits per heavy atom. The van der Waals surface area contributed by atoms with E-state index in [1.54, 1.807) is 6.07 Å². The zero-order valence-corrected chi connectivity index (χ0v) is 11.2. The van der Waals surface area contributed by atoms with Crippen LogP contribution >= 0.6 is 15.9 Å². The van der Waals surface area contributed by atoms with Gasteiger partial charge in [-0.25, -0.2) is 8.78 Å². The summed E-state index contributed by atoms with van der Waals surface area (Å²) in [4.78, 5) is 15.6. The van der Waals surface area contributed by atoms with Gasteiger partial charge in [0.15, 0.2) is 11.6 Å². The van der Waals surface area contributed by atoms with Crippen molar-refractivity contribution in [2.75, 3.05) is 5.32 Å². The topological polar surface area (TPSA) is 42.0 Å². The summed E-state index contributed by atoms with van der Waals surface area (Å²) in [5.74, 6) is -2.39. The number of hydrogen-bond acceptors (Lipinski definition) is 2. The molecule has 3 nitrogen and oxygen atoms in total. The quantitative estimate of drug-likeness (QED) is 0.940. The second-order valence-corrected chi connectivity index (χ2v) is 4.65. The highest BCUT2D eigenvalue weighted by molar-refractivity contribution is 9.10. The van der Waals surface area contributed by atoms with Crippen molar-refractivity contribution in [2.24, 2.45) is 0 Å². The average molecular weight is 327 g/mol. The largest absolute Gasteiger partial charge is 0.325 e. The Kier molecular flexibility index (Phi) is 4.21. The minimum atomic E-state index is -0.994. The minimum Gasteiger partial charge on any atom is -0.325 e. The molecule has 0 aliphatic rings. The van der Waals surface area contributed by atoms with Gasteiger partial charge in [-0.05, 0) is 28.1 Å². The second-order valence-electron chi connectivity index (χ2n) is 3.79. The molecule has 0 aliphatic heterocycles. The maximum absolute atomic E-state index is 13.4. The van der Waals surface area contributed by atoms with E-state index in [0.29, 0.717) is 10.2 Å². The molecule has 0 spiro atoms. The molecule has 2 rings (SSSR count). The molecule has 0 aliphatic carbocycles. The first kappa shape index (κ1) is 13.6. The predicted octanol–water partition coefficient (Wildman–Crippen LogP) is 3.30. The molecule has 0 bridgehead atoms. The number of pyridine rings is 1. The molecule has 98 valence electrons. The van der Waals surface area contributed by atoms with Crippen LogP contribution in [0.25, 0.3) is 0 Å². The van der Waals surface area contributed by atoms with E-state index in [0.717, 1.165) is 6.07 Å². The van der Waals surface area contributed by atoms with Crippen molar-refractivity contribution in [2.45, 2.75) is 6.42 Å². The fourth-order valence-corrected chi connectivity index (χ4v) is 1.88. The zero-order valence-electron chi connectivity index (χ0n) is 9.66. The molecule has 1 amide bonds. The van der Waals surface area contributed by atoms with Crippen molar-refractivity contribution in [3.63, 3.8) is 0 Å². The molecule has 0 unspecified atom stereocenters. The lowest BCUT2D eigenvalue weighted by molar-refractivity contribution is -0.115. The van der Waals surface area contributed by atoms with Crippen molar-refractivity contribution in [1.29, 1.82) is 0 Å². The van der Waals surface area contributed by atoms with Gasteiger partial charge in [-0.1, -0.05) is 12.1 Å². The molecule has 6 heteroatoms. The van der Waals surface area contributed by atoms with E-state index in [1.807, 2.05) is 0 Å². The third-order valence-electron chi connectivity index (χ3n) is 2.43. The second kappa shape index (κ2) is 5.88. The first-order valence-electron chi connectivity index (χ1n) is 5.40. The minimum absolute atomic E-state index is 0.0164. The highest BCUT2D eigenvalue weighted by atomic mass is 79.9. The number of halogens is 3. The van der Waals surface area contributed by atoms with Crippen molar-refractivity contribution >= 4 is 27.5 Å². The molecule has 1 N–H and O–H groups in total. The van der Waals surface area contributed by atoms with Gasteiger partial charge in [0.05, 0.1) is 16.6 Å². The molecular formula is C13H9BrF2N2O. The molecule has 1 heterocycles. The predicted molar refractivity (Wildman–Crippen MR) is 70.6 cm³/mol. The van der Waals surface area contributed by atoms with Crippen LogP contribution in [-0.2, 0) is 11.2 Å². The maximum Gasteiger partial charge on any atom is 0.228 e. The summed E-state index contributed by atoms with van der Waals surface area (Å²) in [6.45, 7) is 0. The van der Waals surface area contributed by atoms with Crippen LogP contribution in [0.15, 0.2) is 41.1 Å². The molecule has 0 atom stereocenters. The summed E-state index contributed by atoms with van der Waals surface area (Å²) in [5.41, 5.74) is 0.541. The lowest BCUT2D eigenvalue weighted by Crippen LogP contribution is -2.16. The molecule has 1 aromatic carbocycles. The van der Waals surface area contributed by atoms with Gasteiger partial charge in [-0.2, -0.15) is 0 Å². The molecular weight excluding hydrogens is 318 g/mol.